The van der Waals surface area contributed by atoms with Gasteiger partial charge < -0.3 is 15.2 Å². The number of guanidine groups is 1. The molecule has 1 saturated carbocycles. The van der Waals surface area contributed by atoms with Gasteiger partial charge >= 0.3 is 6.18 Å². The van der Waals surface area contributed by atoms with Crippen molar-refractivity contribution >= 4 is 17.6 Å². The molecule has 0 bridgehead atoms. The number of benzene rings is 1. The normalized spacial score (nSPS) is 20.5. The van der Waals surface area contributed by atoms with Crippen molar-refractivity contribution in [1.82, 2.24) is 20.8 Å². The van der Waals surface area contributed by atoms with Crippen LogP contribution < -0.4 is 10.6 Å². The summed E-state index contributed by atoms with van der Waals surface area (Å²) in [5.41, 5.74) is 0.810. The van der Waals surface area contributed by atoms with Crippen LogP contribution in [-0.4, -0.2) is 41.9 Å². The Hall–Kier alpha value is -2.29. The monoisotopic (exact) mass is 429 g/mol. The quantitative estimate of drug-likeness (QED) is 0.550. The Morgan fingerprint density at radius 1 is 1.21 bits per heavy atom. The highest BCUT2D eigenvalue weighted by atomic mass is 35.5. The zero-order valence-electron chi connectivity index (χ0n) is 16.0. The average Bonchev–Trinajstić information content (AvgIpc) is 3.16. The molecule has 10 heteroatoms. The summed E-state index contributed by atoms with van der Waals surface area (Å²) in [4.78, 5) is 8.49. The molecule has 0 atom stereocenters. The van der Waals surface area contributed by atoms with Gasteiger partial charge in [0.25, 0.3) is 0 Å². The van der Waals surface area contributed by atoms with Gasteiger partial charge in [0.05, 0.1) is 5.92 Å². The highest BCUT2D eigenvalue weighted by Crippen LogP contribution is 2.37. The number of alkyl halides is 3. The summed E-state index contributed by atoms with van der Waals surface area (Å²) in [5, 5.41) is 10.9. The second-order valence-electron chi connectivity index (χ2n) is 7.00. The Balaban J connectivity index is 1.43. The Morgan fingerprint density at radius 2 is 1.90 bits per heavy atom. The lowest BCUT2D eigenvalue weighted by Crippen LogP contribution is -2.46. The lowest BCUT2D eigenvalue weighted by molar-refractivity contribution is -0.182. The SMILES string of the molecule is CN=C(NCCc1nc(-c2ccc(Cl)cc2)no1)NC1CCC(C(F)(F)F)CC1. The second kappa shape index (κ2) is 9.47. The number of hydrogen-bond acceptors (Lipinski definition) is 4. The predicted octanol–water partition coefficient (Wildman–Crippen LogP) is 4.22. The third-order valence-corrected chi connectivity index (χ3v) is 5.21. The van der Waals surface area contributed by atoms with E-state index in [2.05, 4.69) is 25.8 Å². The lowest BCUT2D eigenvalue weighted by Gasteiger charge is -2.31. The van der Waals surface area contributed by atoms with Crippen LogP contribution in [0.5, 0.6) is 0 Å². The van der Waals surface area contributed by atoms with Gasteiger partial charge in [-0.25, -0.2) is 0 Å². The maximum absolute atomic E-state index is 12.8. The fourth-order valence-electron chi connectivity index (χ4n) is 3.31. The maximum atomic E-state index is 12.8. The number of halogens is 4. The summed E-state index contributed by atoms with van der Waals surface area (Å²) in [5.74, 6) is 0.324. The highest BCUT2D eigenvalue weighted by molar-refractivity contribution is 6.30. The second-order valence-corrected chi connectivity index (χ2v) is 7.44. The number of rotatable bonds is 5. The lowest BCUT2D eigenvalue weighted by atomic mass is 9.85. The number of nitrogens with one attached hydrogen (secondary N) is 2. The van der Waals surface area contributed by atoms with E-state index >= 15 is 0 Å². The van der Waals surface area contributed by atoms with Crippen LogP contribution >= 0.6 is 11.6 Å². The van der Waals surface area contributed by atoms with Crippen LogP contribution in [0, 0.1) is 5.92 Å². The Morgan fingerprint density at radius 3 is 2.52 bits per heavy atom. The third-order valence-electron chi connectivity index (χ3n) is 4.96. The van der Waals surface area contributed by atoms with Crippen LogP contribution in [0.3, 0.4) is 0 Å². The van der Waals surface area contributed by atoms with Gasteiger partial charge in [-0.2, -0.15) is 18.2 Å². The number of aromatic nitrogens is 2. The van der Waals surface area contributed by atoms with Crippen molar-refractivity contribution in [2.75, 3.05) is 13.6 Å². The smallest absolute Gasteiger partial charge is 0.356 e. The molecule has 2 N–H and O–H groups in total. The molecule has 1 aromatic heterocycles. The van der Waals surface area contributed by atoms with Crippen molar-refractivity contribution in [3.63, 3.8) is 0 Å². The van der Waals surface area contributed by atoms with Gasteiger partial charge in [-0.15, -0.1) is 0 Å². The van der Waals surface area contributed by atoms with Crippen LogP contribution in [0.1, 0.15) is 31.6 Å². The van der Waals surface area contributed by atoms with Crippen molar-refractivity contribution in [2.45, 2.75) is 44.3 Å². The Labute approximate surface area is 171 Å². The maximum Gasteiger partial charge on any atom is 0.391 e. The van der Waals surface area contributed by atoms with Crippen molar-refractivity contribution in [3.8, 4) is 11.4 Å². The van der Waals surface area contributed by atoms with Gasteiger partial charge in [-0.3, -0.25) is 4.99 Å². The molecule has 158 valence electrons. The first kappa shape index (κ1) is 21.4. The summed E-state index contributed by atoms with van der Waals surface area (Å²) in [6, 6.07) is 7.13. The van der Waals surface area contributed by atoms with Crippen molar-refractivity contribution < 1.29 is 17.7 Å². The van der Waals surface area contributed by atoms with E-state index in [-0.39, 0.29) is 18.9 Å². The van der Waals surface area contributed by atoms with E-state index in [1.54, 1.807) is 19.2 Å². The zero-order chi connectivity index (χ0) is 20.9. The molecule has 0 unspecified atom stereocenters. The summed E-state index contributed by atoms with van der Waals surface area (Å²) < 4.78 is 43.6. The van der Waals surface area contributed by atoms with Crippen LogP contribution in [0.4, 0.5) is 13.2 Å². The molecule has 6 nitrogen and oxygen atoms in total. The zero-order valence-corrected chi connectivity index (χ0v) is 16.7. The third kappa shape index (κ3) is 6.09. The summed E-state index contributed by atoms with van der Waals surface area (Å²) in [6.45, 7) is 0.500. The van der Waals surface area contributed by atoms with Crippen molar-refractivity contribution in [1.29, 1.82) is 0 Å². The average molecular weight is 430 g/mol. The summed E-state index contributed by atoms with van der Waals surface area (Å²) in [7, 11) is 1.63. The van der Waals surface area contributed by atoms with Crippen LogP contribution in [0.25, 0.3) is 11.4 Å². The molecule has 1 aliphatic carbocycles. The molecule has 1 heterocycles. The number of nitrogens with zero attached hydrogens (tertiary/aromatic N) is 3. The van der Waals surface area contributed by atoms with Gasteiger partial charge in [-0.1, -0.05) is 16.8 Å². The van der Waals surface area contributed by atoms with Gasteiger partial charge in [-0.05, 0) is 49.9 Å². The van der Waals surface area contributed by atoms with Gasteiger partial charge in [0.2, 0.25) is 11.7 Å². The standard InChI is InChI=1S/C19H23ClF3N5O/c1-24-18(26-15-8-4-13(5-9-15)19(21,22)23)25-11-10-16-27-17(28-29-16)12-2-6-14(20)7-3-12/h2-3,6-7,13,15H,4-5,8-11H2,1H3,(H2,24,25,26). The number of hydrogen-bond donors (Lipinski definition) is 2. The first-order valence-corrected chi connectivity index (χ1v) is 9.85. The molecule has 1 aromatic carbocycles. The number of aliphatic imine (C=N–C) groups is 1. The molecule has 0 spiro atoms. The molecule has 1 aliphatic rings. The first-order chi connectivity index (χ1) is 13.8. The summed E-state index contributed by atoms with van der Waals surface area (Å²) in [6.07, 6.45) is -2.37. The van der Waals surface area contributed by atoms with E-state index in [4.69, 9.17) is 16.1 Å². The van der Waals surface area contributed by atoms with E-state index in [9.17, 15) is 13.2 Å². The molecular formula is C19H23ClF3N5O. The topological polar surface area (TPSA) is 75.3 Å². The molecule has 2 aromatic rings. The van der Waals surface area contributed by atoms with E-state index in [1.807, 2.05) is 12.1 Å². The molecule has 1 fully saturated rings. The van der Waals surface area contributed by atoms with E-state index in [0.29, 0.717) is 48.5 Å². The van der Waals surface area contributed by atoms with Gasteiger partial charge in [0.1, 0.15) is 0 Å². The van der Waals surface area contributed by atoms with E-state index in [0.717, 1.165) is 5.56 Å². The van der Waals surface area contributed by atoms with Crippen LogP contribution in [0.2, 0.25) is 5.02 Å². The Bertz CT molecular complexity index is 814. The largest absolute Gasteiger partial charge is 0.391 e. The minimum Gasteiger partial charge on any atom is -0.356 e. The van der Waals surface area contributed by atoms with Gasteiger partial charge in [0, 0.05) is 36.6 Å². The fourth-order valence-corrected chi connectivity index (χ4v) is 3.44. The minimum absolute atomic E-state index is 0.0142. The predicted molar refractivity (Wildman–Crippen MR) is 105 cm³/mol. The first-order valence-electron chi connectivity index (χ1n) is 9.47. The molecule has 0 saturated heterocycles. The van der Waals surface area contributed by atoms with E-state index in [1.165, 1.54) is 0 Å². The Kier molecular flexibility index (Phi) is 7.00. The van der Waals surface area contributed by atoms with Crippen molar-refractivity contribution in [2.24, 2.45) is 10.9 Å². The summed E-state index contributed by atoms with van der Waals surface area (Å²) >= 11 is 5.87. The van der Waals surface area contributed by atoms with Gasteiger partial charge in [0.15, 0.2) is 5.96 Å². The molecule has 0 radical (unpaired) electrons. The van der Waals surface area contributed by atoms with E-state index < -0.39 is 12.1 Å². The van der Waals surface area contributed by atoms with Crippen LogP contribution in [-0.2, 0) is 6.42 Å². The molecule has 29 heavy (non-hydrogen) atoms. The molecular weight excluding hydrogens is 407 g/mol. The van der Waals surface area contributed by atoms with Crippen LogP contribution in [0.15, 0.2) is 33.8 Å². The highest BCUT2D eigenvalue weighted by Gasteiger charge is 2.41. The minimum atomic E-state index is -4.10. The molecule has 3 rings (SSSR count). The molecule has 0 amide bonds. The fraction of sp³-hybridized carbons (Fsp3) is 0.526. The molecule has 0 aliphatic heterocycles. The van der Waals surface area contributed by atoms with Crippen molar-refractivity contribution in [3.05, 3.63) is 35.2 Å².